The average Bonchev–Trinajstić information content (AvgIpc) is 3.02. The minimum Gasteiger partial charge on any atom is -0.488 e. The molecule has 29 heavy (non-hydrogen) atoms. The summed E-state index contributed by atoms with van der Waals surface area (Å²) in [4.78, 5) is 14.9. The molecule has 1 aliphatic heterocycles. The third kappa shape index (κ3) is 5.57. The quantitative estimate of drug-likeness (QED) is 0.736. The standard InChI is InChI=1S/C20H27N3O5S/c1-14-18(15(2)28-22-14)13-27-19-9-5-4-8-17(19)20(24)23-10-6-7-16(12-23)11-21-29(3,25)26/h4-5,8-9,16,21H,6-7,10-13H2,1-3H3. The number of carbonyl (C=O) groups is 1. The number of likely N-dealkylation sites (tertiary alicyclic amines) is 1. The molecule has 1 unspecified atom stereocenters. The molecule has 9 heteroatoms. The number of piperidine rings is 1. The lowest BCUT2D eigenvalue weighted by Gasteiger charge is -2.33. The molecule has 1 aromatic carbocycles. The summed E-state index contributed by atoms with van der Waals surface area (Å²) in [6.07, 6.45) is 2.87. The number of sulfonamides is 1. The number of rotatable bonds is 7. The molecule has 1 amide bonds. The van der Waals surface area contributed by atoms with Crippen molar-refractivity contribution in [1.82, 2.24) is 14.8 Å². The molecule has 1 aliphatic rings. The van der Waals surface area contributed by atoms with E-state index in [9.17, 15) is 13.2 Å². The number of hydrogen-bond acceptors (Lipinski definition) is 6. The van der Waals surface area contributed by atoms with Crippen LogP contribution in [0.4, 0.5) is 0 Å². The Morgan fingerprint density at radius 2 is 2.10 bits per heavy atom. The number of nitrogens with zero attached hydrogens (tertiary/aromatic N) is 2. The van der Waals surface area contributed by atoms with Gasteiger partial charge in [-0.15, -0.1) is 0 Å². The summed E-state index contributed by atoms with van der Waals surface area (Å²) >= 11 is 0. The third-order valence-electron chi connectivity index (χ3n) is 5.11. The van der Waals surface area contributed by atoms with E-state index in [1.807, 2.05) is 26.0 Å². The van der Waals surface area contributed by atoms with Crippen molar-refractivity contribution in [2.24, 2.45) is 5.92 Å². The molecule has 1 aromatic heterocycles. The molecular formula is C20H27N3O5S. The summed E-state index contributed by atoms with van der Waals surface area (Å²) in [5.74, 6) is 1.19. The Labute approximate surface area is 171 Å². The Bertz CT molecular complexity index is 951. The minimum absolute atomic E-state index is 0.0952. The van der Waals surface area contributed by atoms with E-state index in [1.54, 1.807) is 17.0 Å². The van der Waals surface area contributed by atoms with E-state index in [0.29, 0.717) is 36.7 Å². The van der Waals surface area contributed by atoms with Gasteiger partial charge in [-0.3, -0.25) is 4.79 Å². The lowest BCUT2D eigenvalue weighted by molar-refractivity contribution is 0.0671. The zero-order valence-corrected chi connectivity index (χ0v) is 17.8. The van der Waals surface area contributed by atoms with Crippen molar-refractivity contribution >= 4 is 15.9 Å². The van der Waals surface area contributed by atoms with Crippen molar-refractivity contribution in [3.63, 3.8) is 0 Å². The van der Waals surface area contributed by atoms with Gasteiger partial charge in [0, 0.05) is 19.6 Å². The van der Waals surface area contributed by atoms with Gasteiger partial charge in [-0.25, -0.2) is 13.1 Å². The predicted molar refractivity (Wildman–Crippen MR) is 108 cm³/mol. The monoisotopic (exact) mass is 421 g/mol. The molecule has 1 saturated heterocycles. The van der Waals surface area contributed by atoms with Crippen molar-refractivity contribution in [2.45, 2.75) is 33.3 Å². The first-order valence-electron chi connectivity index (χ1n) is 9.62. The molecule has 3 rings (SSSR count). The van der Waals surface area contributed by atoms with Crippen LogP contribution in [0.1, 0.15) is 40.2 Å². The number of para-hydroxylation sites is 1. The van der Waals surface area contributed by atoms with E-state index < -0.39 is 10.0 Å². The normalized spacial score (nSPS) is 17.3. The maximum atomic E-state index is 13.1. The Morgan fingerprint density at radius 3 is 2.79 bits per heavy atom. The highest BCUT2D eigenvalue weighted by Gasteiger charge is 2.27. The molecule has 0 bridgehead atoms. The van der Waals surface area contributed by atoms with E-state index in [4.69, 9.17) is 9.26 Å². The summed E-state index contributed by atoms with van der Waals surface area (Å²) in [5, 5.41) is 3.92. The number of hydrogen-bond donors (Lipinski definition) is 1. The molecule has 1 N–H and O–H groups in total. The zero-order chi connectivity index (χ0) is 21.0. The fourth-order valence-electron chi connectivity index (χ4n) is 3.48. The first-order valence-corrected chi connectivity index (χ1v) is 11.5. The summed E-state index contributed by atoms with van der Waals surface area (Å²) < 4.78 is 36.3. The number of amides is 1. The van der Waals surface area contributed by atoms with Crippen molar-refractivity contribution in [1.29, 1.82) is 0 Å². The van der Waals surface area contributed by atoms with E-state index in [-0.39, 0.29) is 18.4 Å². The SMILES string of the molecule is Cc1noc(C)c1COc1ccccc1C(=O)N1CCCC(CNS(C)(=O)=O)C1. The number of aryl methyl sites for hydroxylation is 2. The molecule has 0 radical (unpaired) electrons. The Morgan fingerprint density at radius 1 is 1.34 bits per heavy atom. The third-order valence-corrected chi connectivity index (χ3v) is 5.80. The van der Waals surface area contributed by atoms with Crippen molar-refractivity contribution < 1.29 is 22.5 Å². The number of nitrogens with one attached hydrogen (secondary N) is 1. The number of benzene rings is 1. The highest BCUT2D eigenvalue weighted by atomic mass is 32.2. The van der Waals surface area contributed by atoms with Crippen LogP contribution in [-0.4, -0.2) is 50.3 Å². The van der Waals surface area contributed by atoms with Crippen molar-refractivity contribution in [2.75, 3.05) is 25.9 Å². The summed E-state index contributed by atoms with van der Waals surface area (Å²) in [7, 11) is -3.24. The molecule has 0 saturated carbocycles. The molecule has 0 aliphatic carbocycles. The smallest absolute Gasteiger partial charge is 0.257 e. The Balaban J connectivity index is 1.69. The van der Waals surface area contributed by atoms with Crippen LogP contribution < -0.4 is 9.46 Å². The molecule has 8 nitrogen and oxygen atoms in total. The zero-order valence-electron chi connectivity index (χ0n) is 17.0. The van der Waals surface area contributed by atoms with Gasteiger partial charge in [0.1, 0.15) is 18.1 Å². The lowest BCUT2D eigenvalue weighted by atomic mass is 9.97. The van der Waals surface area contributed by atoms with Gasteiger partial charge in [-0.1, -0.05) is 17.3 Å². The fourth-order valence-corrected chi connectivity index (χ4v) is 4.02. The highest BCUT2D eigenvalue weighted by Crippen LogP contribution is 2.25. The largest absolute Gasteiger partial charge is 0.488 e. The van der Waals surface area contributed by atoms with Crippen LogP contribution in [0, 0.1) is 19.8 Å². The topological polar surface area (TPSA) is 102 Å². The first kappa shape index (κ1) is 21.3. The van der Waals surface area contributed by atoms with Gasteiger partial charge in [-0.2, -0.15) is 0 Å². The molecule has 1 atom stereocenters. The van der Waals surface area contributed by atoms with Gasteiger partial charge >= 0.3 is 0 Å². The lowest BCUT2D eigenvalue weighted by Crippen LogP contribution is -2.43. The van der Waals surface area contributed by atoms with Gasteiger partial charge < -0.3 is 14.2 Å². The molecule has 2 heterocycles. The second-order valence-corrected chi connectivity index (χ2v) is 9.30. The van der Waals surface area contributed by atoms with Crippen LogP contribution in [0.15, 0.2) is 28.8 Å². The van der Waals surface area contributed by atoms with E-state index in [0.717, 1.165) is 30.4 Å². The van der Waals surface area contributed by atoms with E-state index in [1.165, 1.54) is 0 Å². The molecule has 158 valence electrons. The van der Waals surface area contributed by atoms with Gasteiger partial charge in [0.25, 0.3) is 5.91 Å². The summed E-state index contributed by atoms with van der Waals surface area (Å²) in [6.45, 7) is 5.45. The summed E-state index contributed by atoms with van der Waals surface area (Å²) in [6, 6.07) is 7.17. The van der Waals surface area contributed by atoms with E-state index >= 15 is 0 Å². The molecule has 1 fully saturated rings. The van der Waals surface area contributed by atoms with Gasteiger partial charge in [0.15, 0.2) is 0 Å². The van der Waals surface area contributed by atoms with Crippen LogP contribution in [0.2, 0.25) is 0 Å². The first-order chi connectivity index (χ1) is 13.7. The maximum Gasteiger partial charge on any atom is 0.257 e. The van der Waals surface area contributed by atoms with Crippen LogP contribution in [0.5, 0.6) is 5.75 Å². The number of aromatic nitrogens is 1. The predicted octanol–water partition coefficient (Wildman–Crippen LogP) is 2.27. The highest BCUT2D eigenvalue weighted by molar-refractivity contribution is 7.88. The van der Waals surface area contributed by atoms with Crippen LogP contribution in [0.3, 0.4) is 0 Å². The minimum atomic E-state index is -3.24. The van der Waals surface area contributed by atoms with Gasteiger partial charge in [0.2, 0.25) is 10.0 Å². The second kappa shape index (κ2) is 8.96. The van der Waals surface area contributed by atoms with Gasteiger partial charge in [-0.05, 0) is 44.7 Å². The van der Waals surface area contributed by atoms with Gasteiger partial charge in [0.05, 0.1) is 23.1 Å². The molecular weight excluding hydrogens is 394 g/mol. The summed E-state index contributed by atoms with van der Waals surface area (Å²) in [5.41, 5.74) is 2.14. The fraction of sp³-hybridized carbons (Fsp3) is 0.500. The van der Waals surface area contributed by atoms with Crippen molar-refractivity contribution in [3.05, 3.63) is 46.8 Å². The van der Waals surface area contributed by atoms with Crippen LogP contribution >= 0.6 is 0 Å². The average molecular weight is 422 g/mol. The number of ether oxygens (including phenoxy) is 1. The van der Waals surface area contributed by atoms with Crippen LogP contribution in [0.25, 0.3) is 0 Å². The maximum absolute atomic E-state index is 13.1. The molecule has 2 aromatic rings. The van der Waals surface area contributed by atoms with E-state index in [2.05, 4.69) is 9.88 Å². The second-order valence-electron chi connectivity index (χ2n) is 7.47. The number of carbonyl (C=O) groups excluding carboxylic acids is 1. The Kier molecular flexibility index (Phi) is 6.59. The Hall–Kier alpha value is -2.39. The molecule has 0 spiro atoms. The van der Waals surface area contributed by atoms with Crippen LogP contribution in [-0.2, 0) is 16.6 Å². The van der Waals surface area contributed by atoms with Crippen molar-refractivity contribution in [3.8, 4) is 5.75 Å².